The van der Waals surface area contributed by atoms with E-state index in [0.29, 0.717) is 36.2 Å². The average molecular weight is 532 g/mol. The smallest absolute Gasteiger partial charge is 0.318 e. The molecule has 6 rings (SSSR count). The fourth-order valence-corrected chi connectivity index (χ4v) is 6.90. The molecule has 2 bridgehead atoms. The molecule has 0 radical (unpaired) electrons. The van der Waals surface area contributed by atoms with Gasteiger partial charge in [-0.1, -0.05) is 24.3 Å². The third kappa shape index (κ3) is 4.76. The van der Waals surface area contributed by atoms with Crippen LogP contribution in [0.3, 0.4) is 0 Å². The second kappa shape index (κ2) is 9.78. The van der Waals surface area contributed by atoms with Gasteiger partial charge < -0.3 is 14.2 Å². The van der Waals surface area contributed by atoms with Gasteiger partial charge in [0, 0.05) is 55.1 Å². The number of hydrogen-bond donors (Lipinski definition) is 0. The fourth-order valence-electron chi connectivity index (χ4n) is 6.90. The van der Waals surface area contributed by atoms with E-state index in [1.165, 1.54) is 24.6 Å². The van der Waals surface area contributed by atoms with Crippen LogP contribution in [0, 0.1) is 6.92 Å². The number of alkyl halides is 1. The van der Waals surface area contributed by atoms with Crippen LogP contribution in [-0.2, 0) is 13.1 Å². The molecule has 0 spiro atoms. The number of piperazine rings is 1. The van der Waals surface area contributed by atoms with Crippen LogP contribution in [0.4, 0.5) is 4.39 Å². The minimum atomic E-state index is -1.13. The van der Waals surface area contributed by atoms with E-state index < -0.39 is 6.17 Å². The summed E-state index contributed by atoms with van der Waals surface area (Å²) in [6, 6.07) is 9.19. The number of halogens is 1. The van der Waals surface area contributed by atoms with Crippen LogP contribution < -0.4 is 4.74 Å². The minimum absolute atomic E-state index is 0.214. The van der Waals surface area contributed by atoms with Crippen molar-refractivity contribution in [1.82, 2.24) is 29.3 Å². The molecule has 2 aromatic heterocycles. The maximum Gasteiger partial charge on any atom is 0.318 e. The van der Waals surface area contributed by atoms with Gasteiger partial charge in [0.05, 0.1) is 18.8 Å². The molecule has 0 aliphatic carbocycles. The topological polar surface area (TPSA) is 71.7 Å². The summed E-state index contributed by atoms with van der Waals surface area (Å²) in [6.07, 6.45) is 4.63. The third-order valence-corrected chi connectivity index (χ3v) is 8.63. The number of likely N-dealkylation sites (tertiary alicyclic amines) is 1. The number of likely N-dealkylation sites (N-methyl/N-ethyl adjacent to an activating group) is 1. The largest absolute Gasteiger partial charge is 0.464 e. The molecular weight excluding hydrogens is 493 g/mol. The Bertz CT molecular complexity index is 1430. The van der Waals surface area contributed by atoms with Crippen molar-refractivity contribution in [2.45, 2.75) is 77.3 Å². The molecule has 8 nitrogen and oxygen atoms in total. The number of nitrogens with zero attached hydrogens (tertiary/aromatic N) is 7. The van der Waals surface area contributed by atoms with Gasteiger partial charge in [0.2, 0.25) is 0 Å². The Kier molecular flexibility index (Phi) is 6.54. The maximum atomic E-state index is 14.3. The standard InChI is InChI=1S/C30H38FN7O/c1-6-39-28-33-20(2)25-27(35-28)37(26(34-25)23-13-24(31)15-32-14-23)16-21-7-9-22(10-8-21)17-38-29(3)11-12-30(38,4)19-36(5)18-29/h7-10,14-15,24H,6,11-13,16-19H2,1-5H3/t24?,29-,30?/m0/s1. The van der Waals surface area contributed by atoms with Crippen LogP contribution in [0.15, 0.2) is 35.5 Å². The van der Waals surface area contributed by atoms with Crippen LogP contribution in [0.2, 0.25) is 0 Å². The lowest BCUT2D eigenvalue weighted by Crippen LogP contribution is -2.63. The highest BCUT2D eigenvalue weighted by atomic mass is 19.1. The zero-order valence-corrected chi connectivity index (χ0v) is 23.6. The quantitative estimate of drug-likeness (QED) is 0.437. The Morgan fingerprint density at radius 1 is 1.00 bits per heavy atom. The van der Waals surface area contributed by atoms with Crippen molar-refractivity contribution >= 4 is 23.0 Å². The van der Waals surface area contributed by atoms with Crippen LogP contribution in [0.25, 0.3) is 16.7 Å². The van der Waals surface area contributed by atoms with E-state index in [2.05, 4.69) is 64.9 Å². The van der Waals surface area contributed by atoms with E-state index in [1.807, 2.05) is 18.4 Å². The molecule has 39 heavy (non-hydrogen) atoms. The third-order valence-electron chi connectivity index (χ3n) is 8.63. The fraction of sp³-hybridized carbons (Fsp3) is 0.533. The molecule has 3 aromatic rings. The number of fused-ring (bicyclic) bond motifs is 3. The van der Waals surface area contributed by atoms with E-state index in [0.717, 1.165) is 36.5 Å². The summed E-state index contributed by atoms with van der Waals surface area (Å²) >= 11 is 0. The van der Waals surface area contributed by atoms with Gasteiger partial charge in [-0.3, -0.25) is 9.89 Å². The lowest BCUT2D eigenvalue weighted by molar-refractivity contribution is -0.0335. The van der Waals surface area contributed by atoms with Crippen molar-refractivity contribution in [3.63, 3.8) is 0 Å². The second-order valence-electron chi connectivity index (χ2n) is 12.0. The number of benzene rings is 1. The SMILES string of the molecule is CCOc1nc(C)c2nc(C3=CN=CC(F)C3)n(Cc3ccc(CN4C5(C)CC[C@@]4(C)CN(C)C5)cc3)c2n1. The number of aliphatic imine (C=N–C) groups is 1. The molecule has 3 aliphatic heterocycles. The highest BCUT2D eigenvalue weighted by Crippen LogP contribution is 2.46. The Labute approximate surface area is 229 Å². The van der Waals surface area contributed by atoms with Crippen LogP contribution >= 0.6 is 0 Å². The highest BCUT2D eigenvalue weighted by Gasteiger charge is 2.53. The Morgan fingerprint density at radius 2 is 1.67 bits per heavy atom. The molecule has 3 aliphatic rings. The summed E-state index contributed by atoms with van der Waals surface area (Å²) in [6.45, 7) is 12.9. The Morgan fingerprint density at radius 3 is 2.31 bits per heavy atom. The first kappa shape index (κ1) is 26.1. The molecule has 9 heteroatoms. The highest BCUT2D eigenvalue weighted by molar-refractivity contribution is 5.81. The predicted octanol–water partition coefficient (Wildman–Crippen LogP) is 4.79. The van der Waals surface area contributed by atoms with E-state index in [9.17, 15) is 4.39 Å². The van der Waals surface area contributed by atoms with Crippen molar-refractivity contribution in [1.29, 1.82) is 0 Å². The number of ether oxygens (including phenoxy) is 1. The van der Waals surface area contributed by atoms with Crippen molar-refractivity contribution < 1.29 is 9.13 Å². The van der Waals surface area contributed by atoms with Gasteiger partial charge in [-0.15, -0.1) is 0 Å². The van der Waals surface area contributed by atoms with E-state index in [-0.39, 0.29) is 17.5 Å². The summed E-state index contributed by atoms with van der Waals surface area (Å²) in [5, 5.41) is 0. The predicted molar refractivity (Wildman–Crippen MR) is 152 cm³/mol. The average Bonchev–Trinajstić information content (AvgIpc) is 3.31. The van der Waals surface area contributed by atoms with E-state index in [4.69, 9.17) is 14.7 Å². The number of aryl methyl sites for hydroxylation is 1. The number of allylic oxidation sites excluding steroid dienone is 1. The number of imidazole rings is 1. The first-order valence-corrected chi connectivity index (χ1v) is 14.0. The van der Waals surface area contributed by atoms with Gasteiger partial charge in [0.15, 0.2) is 5.65 Å². The Balaban J connectivity index is 1.31. The van der Waals surface area contributed by atoms with Gasteiger partial charge >= 0.3 is 6.01 Å². The van der Waals surface area contributed by atoms with Crippen molar-refractivity contribution in [3.05, 3.63) is 53.1 Å². The lowest BCUT2D eigenvalue weighted by Gasteiger charge is -2.51. The van der Waals surface area contributed by atoms with Gasteiger partial charge in [0.1, 0.15) is 17.5 Å². The van der Waals surface area contributed by atoms with Crippen molar-refractivity contribution in [3.8, 4) is 6.01 Å². The van der Waals surface area contributed by atoms with Gasteiger partial charge in [-0.2, -0.15) is 9.97 Å². The minimum Gasteiger partial charge on any atom is -0.464 e. The van der Waals surface area contributed by atoms with Crippen LogP contribution in [0.5, 0.6) is 6.01 Å². The van der Waals surface area contributed by atoms with E-state index >= 15 is 0 Å². The van der Waals surface area contributed by atoms with Gasteiger partial charge in [0.25, 0.3) is 0 Å². The molecule has 0 N–H and O–H groups in total. The molecule has 5 heterocycles. The molecule has 2 fully saturated rings. The maximum absolute atomic E-state index is 14.3. The molecule has 2 saturated heterocycles. The number of hydrogen-bond acceptors (Lipinski definition) is 7. The Hall–Kier alpha value is -3.17. The van der Waals surface area contributed by atoms with Crippen LogP contribution in [-0.4, -0.2) is 79.5 Å². The number of rotatable bonds is 7. The van der Waals surface area contributed by atoms with Crippen molar-refractivity contribution in [2.75, 3.05) is 26.7 Å². The molecule has 3 atom stereocenters. The second-order valence-corrected chi connectivity index (χ2v) is 12.0. The number of aromatic nitrogens is 4. The van der Waals surface area contributed by atoms with E-state index in [1.54, 1.807) is 6.20 Å². The summed E-state index contributed by atoms with van der Waals surface area (Å²) in [7, 11) is 2.25. The first-order chi connectivity index (χ1) is 18.7. The first-order valence-electron chi connectivity index (χ1n) is 14.0. The van der Waals surface area contributed by atoms with Gasteiger partial charge in [-0.25, -0.2) is 9.37 Å². The zero-order chi connectivity index (χ0) is 27.4. The molecule has 0 saturated carbocycles. The molecule has 206 valence electrons. The zero-order valence-electron chi connectivity index (χ0n) is 23.6. The van der Waals surface area contributed by atoms with Crippen LogP contribution in [0.1, 0.15) is 62.7 Å². The normalized spacial score (nSPS) is 27.3. The molecular formula is C30H38FN7O. The molecule has 0 amide bonds. The molecule has 1 aromatic carbocycles. The summed E-state index contributed by atoms with van der Waals surface area (Å²) in [5.41, 5.74) is 5.75. The van der Waals surface area contributed by atoms with Crippen molar-refractivity contribution in [2.24, 2.45) is 4.99 Å². The summed E-state index contributed by atoms with van der Waals surface area (Å²) in [4.78, 5) is 23.4. The summed E-state index contributed by atoms with van der Waals surface area (Å²) in [5.74, 6) is 0.675. The molecule has 2 unspecified atom stereocenters. The monoisotopic (exact) mass is 531 g/mol. The summed E-state index contributed by atoms with van der Waals surface area (Å²) < 4.78 is 21.9. The lowest BCUT2D eigenvalue weighted by atomic mass is 9.94. The van der Waals surface area contributed by atoms with Gasteiger partial charge in [-0.05, 0) is 58.7 Å².